The molecule has 21 heavy (non-hydrogen) atoms. The highest BCUT2D eigenvalue weighted by atomic mass is 19.1. The third-order valence-corrected chi connectivity index (χ3v) is 3.60. The lowest BCUT2D eigenvalue weighted by Gasteiger charge is -2.15. The fraction of sp³-hybridized carbons (Fsp3) is 0.278. The van der Waals surface area contributed by atoms with E-state index in [4.69, 9.17) is 0 Å². The van der Waals surface area contributed by atoms with Crippen molar-refractivity contribution in [3.05, 3.63) is 70.5 Å². The van der Waals surface area contributed by atoms with Crippen molar-refractivity contribution in [3.63, 3.8) is 0 Å². The molecule has 110 valence electrons. The van der Waals surface area contributed by atoms with E-state index in [1.165, 1.54) is 12.1 Å². The van der Waals surface area contributed by atoms with Crippen molar-refractivity contribution in [1.29, 1.82) is 0 Å². The van der Waals surface area contributed by atoms with Crippen LogP contribution in [0.4, 0.5) is 4.39 Å². The van der Waals surface area contributed by atoms with Crippen molar-refractivity contribution in [1.82, 2.24) is 5.32 Å². The van der Waals surface area contributed by atoms with Crippen molar-refractivity contribution in [2.24, 2.45) is 0 Å². The Morgan fingerprint density at radius 3 is 2.48 bits per heavy atom. The molecule has 2 aromatic carbocycles. The fourth-order valence-corrected chi connectivity index (χ4v) is 2.29. The van der Waals surface area contributed by atoms with E-state index in [0.717, 1.165) is 22.3 Å². The first-order valence-electron chi connectivity index (χ1n) is 7.06. The number of aryl methyl sites for hydroxylation is 2. The third-order valence-electron chi connectivity index (χ3n) is 3.60. The highest BCUT2D eigenvalue weighted by molar-refractivity contribution is 5.79. The maximum atomic E-state index is 12.9. The lowest BCUT2D eigenvalue weighted by Crippen LogP contribution is -2.28. The van der Waals surface area contributed by atoms with Gasteiger partial charge >= 0.3 is 0 Å². The van der Waals surface area contributed by atoms with Crippen LogP contribution in [0.15, 0.2) is 42.5 Å². The van der Waals surface area contributed by atoms with Crippen molar-refractivity contribution < 1.29 is 9.18 Å². The van der Waals surface area contributed by atoms with E-state index in [-0.39, 0.29) is 17.8 Å². The number of carbonyl (C=O) groups is 1. The topological polar surface area (TPSA) is 29.1 Å². The smallest absolute Gasteiger partial charge is 0.224 e. The second-order valence-electron chi connectivity index (χ2n) is 5.45. The molecule has 0 heterocycles. The zero-order valence-electron chi connectivity index (χ0n) is 12.6. The van der Waals surface area contributed by atoms with Crippen LogP contribution < -0.4 is 5.32 Å². The Hall–Kier alpha value is -2.16. The number of rotatable bonds is 4. The van der Waals surface area contributed by atoms with Gasteiger partial charge in [-0.15, -0.1) is 0 Å². The van der Waals surface area contributed by atoms with E-state index >= 15 is 0 Å². The minimum Gasteiger partial charge on any atom is -0.349 e. The molecule has 1 amide bonds. The number of nitrogens with one attached hydrogen (secondary N) is 1. The average molecular weight is 285 g/mol. The maximum Gasteiger partial charge on any atom is 0.224 e. The van der Waals surface area contributed by atoms with Gasteiger partial charge in [-0.2, -0.15) is 0 Å². The Morgan fingerprint density at radius 2 is 1.81 bits per heavy atom. The molecule has 1 atom stereocenters. The SMILES string of the molecule is Cc1ccc(C)c(CC(=O)NC(C)c2ccc(F)cc2)c1. The van der Waals surface area contributed by atoms with E-state index in [2.05, 4.69) is 5.32 Å². The molecule has 0 bridgehead atoms. The summed E-state index contributed by atoms with van der Waals surface area (Å²) in [4.78, 5) is 12.1. The minimum atomic E-state index is -0.271. The number of hydrogen-bond acceptors (Lipinski definition) is 1. The van der Waals surface area contributed by atoms with E-state index < -0.39 is 0 Å². The van der Waals surface area contributed by atoms with Crippen LogP contribution in [0.2, 0.25) is 0 Å². The summed E-state index contributed by atoms with van der Waals surface area (Å²) in [5.74, 6) is -0.298. The summed E-state index contributed by atoms with van der Waals surface area (Å²) in [6.45, 7) is 5.92. The minimum absolute atomic E-state index is 0.0273. The van der Waals surface area contributed by atoms with Crippen molar-refractivity contribution in [2.45, 2.75) is 33.2 Å². The molecule has 0 aliphatic carbocycles. The van der Waals surface area contributed by atoms with Crippen LogP contribution in [0.25, 0.3) is 0 Å². The quantitative estimate of drug-likeness (QED) is 0.908. The van der Waals surface area contributed by atoms with Crippen LogP contribution >= 0.6 is 0 Å². The molecule has 0 spiro atoms. The van der Waals surface area contributed by atoms with Gasteiger partial charge < -0.3 is 5.32 Å². The van der Waals surface area contributed by atoms with Gasteiger partial charge in [-0.05, 0) is 49.6 Å². The van der Waals surface area contributed by atoms with Crippen molar-refractivity contribution in [3.8, 4) is 0 Å². The molecule has 1 unspecified atom stereocenters. The van der Waals surface area contributed by atoms with Crippen LogP contribution in [-0.2, 0) is 11.2 Å². The van der Waals surface area contributed by atoms with Crippen LogP contribution in [0.5, 0.6) is 0 Å². The molecule has 0 saturated carbocycles. The molecule has 0 fully saturated rings. The number of halogens is 1. The van der Waals surface area contributed by atoms with Crippen molar-refractivity contribution in [2.75, 3.05) is 0 Å². The molecular weight excluding hydrogens is 265 g/mol. The van der Waals surface area contributed by atoms with Gasteiger partial charge in [0, 0.05) is 0 Å². The monoisotopic (exact) mass is 285 g/mol. The second-order valence-corrected chi connectivity index (χ2v) is 5.45. The number of carbonyl (C=O) groups excluding carboxylic acids is 1. The number of benzene rings is 2. The molecule has 3 heteroatoms. The Morgan fingerprint density at radius 1 is 1.14 bits per heavy atom. The van der Waals surface area contributed by atoms with Crippen LogP contribution in [0.1, 0.15) is 35.2 Å². The summed E-state index contributed by atoms with van der Waals surface area (Å²) in [6.07, 6.45) is 0.360. The largest absolute Gasteiger partial charge is 0.349 e. The lowest BCUT2D eigenvalue weighted by atomic mass is 10.0. The summed E-state index contributed by atoms with van der Waals surface area (Å²) in [7, 11) is 0. The first-order valence-corrected chi connectivity index (χ1v) is 7.06. The predicted molar refractivity (Wildman–Crippen MR) is 82.6 cm³/mol. The Kier molecular flexibility index (Phi) is 4.73. The molecule has 2 aromatic rings. The van der Waals surface area contributed by atoms with Crippen molar-refractivity contribution >= 4 is 5.91 Å². The first-order chi connectivity index (χ1) is 9.95. The highest BCUT2D eigenvalue weighted by Crippen LogP contribution is 2.15. The number of amides is 1. The molecular formula is C18H20FNO. The number of hydrogen-bond donors (Lipinski definition) is 1. The van der Waals surface area contributed by atoms with Gasteiger partial charge in [-0.3, -0.25) is 4.79 Å². The molecule has 1 N–H and O–H groups in total. The van der Waals surface area contributed by atoms with Gasteiger partial charge in [0.25, 0.3) is 0 Å². The van der Waals surface area contributed by atoms with E-state index in [1.807, 2.05) is 39.0 Å². The molecule has 0 aliphatic rings. The normalized spacial score (nSPS) is 12.0. The van der Waals surface area contributed by atoms with Crippen LogP contribution in [-0.4, -0.2) is 5.91 Å². The Labute approximate surface area is 125 Å². The molecule has 2 nitrogen and oxygen atoms in total. The summed E-state index contributed by atoms with van der Waals surface area (Å²) in [5, 5.41) is 2.95. The Bertz CT molecular complexity index is 634. The predicted octanol–water partition coefficient (Wildman–Crippen LogP) is 3.86. The van der Waals surface area contributed by atoms with Crippen LogP contribution in [0, 0.1) is 19.7 Å². The summed E-state index contributed by atoms with van der Waals surface area (Å²) >= 11 is 0. The molecule has 0 aromatic heterocycles. The molecule has 0 radical (unpaired) electrons. The molecule has 0 aliphatic heterocycles. The molecule has 0 saturated heterocycles. The van der Waals surface area contributed by atoms with Gasteiger partial charge in [-0.1, -0.05) is 35.9 Å². The summed E-state index contributed by atoms with van der Waals surface area (Å²) < 4.78 is 12.9. The van der Waals surface area contributed by atoms with E-state index in [1.54, 1.807) is 12.1 Å². The summed E-state index contributed by atoms with van der Waals surface area (Å²) in [5.41, 5.74) is 4.20. The van der Waals surface area contributed by atoms with Gasteiger partial charge in [0.05, 0.1) is 12.5 Å². The standard InChI is InChI=1S/C18H20FNO/c1-12-4-5-13(2)16(10-12)11-18(21)20-14(3)15-6-8-17(19)9-7-15/h4-10,14H,11H2,1-3H3,(H,20,21). The fourth-order valence-electron chi connectivity index (χ4n) is 2.29. The van der Waals surface area contributed by atoms with Gasteiger partial charge in [0.15, 0.2) is 0 Å². The first kappa shape index (κ1) is 15.2. The van der Waals surface area contributed by atoms with Gasteiger partial charge in [0.1, 0.15) is 5.82 Å². The second kappa shape index (κ2) is 6.53. The highest BCUT2D eigenvalue weighted by Gasteiger charge is 2.11. The van der Waals surface area contributed by atoms with Gasteiger partial charge in [-0.25, -0.2) is 4.39 Å². The zero-order valence-corrected chi connectivity index (χ0v) is 12.6. The van der Waals surface area contributed by atoms with Crippen LogP contribution in [0.3, 0.4) is 0 Å². The van der Waals surface area contributed by atoms with E-state index in [0.29, 0.717) is 6.42 Å². The maximum absolute atomic E-state index is 12.9. The zero-order chi connectivity index (χ0) is 15.4. The Balaban J connectivity index is 2.01. The molecule has 2 rings (SSSR count). The van der Waals surface area contributed by atoms with Gasteiger partial charge in [0.2, 0.25) is 5.91 Å². The average Bonchev–Trinajstić information content (AvgIpc) is 2.43. The van der Waals surface area contributed by atoms with E-state index in [9.17, 15) is 9.18 Å². The third kappa shape index (κ3) is 4.15. The summed E-state index contributed by atoms with van der Waals surface area (Å²) in [6, 6.07) is 12.2. The lowest BCUT2D eigenvalue weighted by molar-refractivity contribution is -0.121.